The summed E-state index contributed by atoms with van der Waals surface area (Å²) in [6.07, 6.45) is -1.44. The molecular formula is C12H13FO4. The highest BCUT2D eigenvalue weighted by atomic mass is 19.1. The van der Waals surface area contributed by atoms with Gasteiger partial charge in [-0.1, -0.05) is 12.1 Å². The van der Waals surface area contributed by atoms with E-state index in [0.29, 0.717) is 0 Å². The number of carbonyl (C=O) groups is 2. The van der Waals surface area contributed by atoms with Crippen molar-refractivity contribution in [1.29, 1.82) is 0 Å². The van der Waals surface area contributed by atoms with Crippen LogP contribution in [0.2, 0.25) is 0 Å². The molecule has 0 unspecified atom stereocenters. The molecule has 0 aromatic heterocycles. The second kappa shape index (κ2) is 6.22. The van der Waals surface area contributed by atoms with E-state index in [1.807, 2.05) is 0 Å². The standard InChI is InChI=1S/C12H13FO4/c1-16-12(17-2)11(15)7-10(14)8-4-3-5-9(13)6-8/h3-6,12H,7H2,1-2H3. The monoisotopic (exact) mass is 240 g/mol. The summed E-state index contributed by atoms with van der Waals surface area (Å²) in [7, 11) is 2.61. The SMILES string of the molecule is COC(OC)C(=O)CC(=O)c1cccc(F)c1. The molecule has 0 bridgehead atoms. The Kier molecular flexibility index (Phi) is 4.93. The molecule has 0 aliphatic carbocycles. The number of ketones is 2. The van der Waals surface area contributed by atoms with Gasteiger partial charge in [-0.05, 0) is 12.1 Å². The Morgan fingerprint density at radius 3 is 2.47 bits per heavy atom. The Morgan fingerprint density at radius 2 is 1.94 bits per heavy atom. The van der Waals surface area contributed by atoms with Crippen molar-refractivity contribution in [2.75, 3.05) is 14.2 Å². The van der Waals surface area contributed by atoms with Gasteiger partial charge in [0.2, 0.25) is 6.29 Å². The molecule has 0 atom stereocenters. The zero-order valence-electron chi connectivity index (χ0n) is 9.60. The van der Waals surface area contributed by atoms with Gasteiger partial charge in [0.1, 0.15) is 5.82 Å². The molecule has 5 heteroatoms. The van der Waals surface area contributed by atoms with E-state index in [1.165, 1.54) is 32.4 Å². The molecule has 1 aromatic carbocycles. The van der Waals surface area contributed by atoms with Crippen LogP contribution < -0.4 is 0 Å². The lowest BCUT2D eigenvalue weighted by atomic mass is 10.1. The number of benzene rings is 1. The number of methoxy groups -OCH3 is 2. The Labute approximate surface area is 98.3 Å². The normalized spacial score (nSPS) is 10.6. The minimum Gasteiger partial charge on any atom is -0.349 e. The van der Waals surface area contributed by atoms with Gasteiger partial charge in [0.25, 0.3) is 0 Å². The molecule has 0 saturated heterocycles. The summed E-state index contributed by atoms with van der Waals surface area (Å²) in [6.45, 7) is 0. The van der Waals surface area contributed by atoms with E-state index in [9.17, 15) is 14.0 Å². The van der Waals surface area contributed by atoms with Crippen molar-refractivity contribution < 1.29 is 23.5 Å². The third kappa shape index (κ3) is 3.72. The van der Waals surface area contributed by atoms with Gasteiger partial charge in [0.15, 0.2) is 11.6 Å². The predicted molar refractivity (Wildman–Crippen MR) is 58.2 cm³/mol. The molecule has 0 spiro atoms. The highest BCUT2D eigenvalue weighted by Crippen LogP contribution is 2.08. The van der Waals surface area contributed by atoms with E-state index in [2.05, 4.69) is 0 Å². The summed E-state index contributed by atoms with van der Waals surface area (Å²) >= 11 is 0. The van der Waals surface area contributed by atoms with Gasteiger partial charge in [0, 0.05) is 19.8 Å². The Bertz CT molecular complexity index is 413. The van der Waals surface area contributed by atoms with Crippen molar-refractivity contribution in [3.8, 4) is 0 Å². The summed E-state index contributed by atoms with van der Waals surface area (Å²) in [5.74, 6) is -1.48. The molecule has 0 radical (unpaired) electrons. The number of hydrogen-bond acceptors (Lipinski definition) is 4. The fourth-order valence-corrected chi connectivity index (χ4v) is 1.36. The maximum atomic E-state index is 12.9. The van der Waals surface area contributed by atoms with Crippen LogP contribution in [0.3, 0.4) is 0 Å². The molecule has 0 heterocycles. The number of ether oxygens (including phenoxy) is 2. The maximum absolute atomic E-state index is 12.9. The van der Waals surface area contributed by atoms with Gasteiger partial charge < -0.3 is 9.47 Å². The van der Waals surface area contributed by atoms with E-state index in [-0.39, 0.29) is 12.0 Å². The van der Waals surface area contributed by atoms with Crippen molar-refractivity contribution in [3.63, 3.8) is 0 Å². The van der Waals surface area contributed by atoms with Crippen LogP contribution in [0, 0.1) is 5.82 Å². The molecule has 0 aliphatic rings. The van der Waals surface area contributed by atoms with Crippen molar-refractivity contribution in [2.24, 2.45) is 0 Å². The largest absolute Gasteiger partial charge is 0.349 e. The number of halogens is 1. The molecule has 0 fully saturated rings. The van der Waals surface area contributed by atoms with Gasteiger partial charge in [-0.2, -0.15) is 0 Å². The van der Waals surface area contributed by atoms with Gasteiger partial charge in [-0.25, -0.2) is 4.39 Å². The average Bonchev–Trinajstić information content (AvgIpc) is 2.30. The number of carbonyl (C=O) groups excluding carboxylic acids is 2. The van der Waals surface area contributed by atoms with Crippen LogP contribution in [0.25, 0.3) is 0 Å². The molecule has 1 rings (SSSR count). The fourth-order valence-electron chi connectivity index (χ4n) is 1.36. The number of hydrogen-bond donors (Lipinski definition) is 0. The summed E-state index contributed by atoms with van der Waals surface area (Å²) in [4.78, 5) is 23.2. The van der Waals surface area contributed by atoms with Crippen LogP contribution in [-0.2, 0) is 14.3 Å². The minimum absolute atomic E-state index is 0.157. The quantitative estimate of drug-likeness (QED) is 0.430. The van der Waals surface area contributed by atoms with Crippen molar-refractivity contribution in [2.45, 2.75) is 12.7 Å². The van der Waals surface area contributed by atoms with Crippen LogP contribution in [0.15, 0.2) is 24.3 Å². The zero-order valence-corrected chi connectivity index (χ0v) is 9.60. The highest BCUT2D eigenvalue weighted by molar-refractivity contribution is 6.08. The summed E-state index contributed by atoms with van der Waals surface area (Å²) in [5.41, 5.74) is 0.157. The molecule has 1 aromatic rings. The lowest BCUT2D eigenvalue weighted by Gasteiger charge is -2.11. The predicted octanol–water partition coefficient (Wildman–Crippen LogP) is 1.59. The summed E-state index contributed by atoms with van der Waals surface area (Å²) < 4.78 is 22.3. The second-order valence-corrected chi connectivity index (χ2v) is 3.38. The van der Waals surface area contributed by atoms with E-state index in [4.69, 9.17) is 9.47 Å². The summed E-state index contributed by atoms with van der Waals surface area (Å²) in [5, 5.41) is 0. The van der Waals surface area contributed by atoms with E-state index >= 15 is 0 Å². The first-order valence-electron chi connectivity index (χ1n) is 4.95. The Morgan fingerprint density at radius 1 is 1.29 bits per heavy atom. The smallest absolute Gasteiger partial charge is 0.217 e. The molecule has 4 nitrogen and oxygen atoms in total. The third-order valence-electron chi connectivity index (χ3n) is 2.17. The van der Waals surface area contributed by atoms with Crippen molar-refractivity contribution >= 4 is 11.6 Å². The summed E-state index contributed by atoms with van der Waals surface area (Å²) in [6, 6.07) is 5.18. The minimum atomic E-state index is -1.06. The van der Waals surface area contributed by atoms with E-state index in [0.717, 1.165) is 6.07 Å². The zero-order chi connectivity index (χ0) is 12.8. The van der Waals surface area contributed by atoms with Gasteiger partial charge >= 0.3 is 0 Å². The first kappa shape index (κ1) is 13.5. The second-order valence-electron chi connectivity index (χ2n) is 3.38. The first-order valence-corrected chi connectivity index (χ1v) is 4.95. The van der Waals surface area contributed by atoms with E-state index in [1.54, 1.807) is 0 Å². The number of rotatable bonds is 6. The molecule has 17 heavy (non-hydrogen) atoms. The third-order valence-corrected chi connectivity index (χ3v) is 2.17. The Balaban J connectivity index is 2.70. The molecule has 0 amide bonds. The van der Waals surface area contributed by atoms with Crippen LogP contribution >= 0.6 is 0 Å². The number of Topliss-reactive ketones (excluding diaryl/α,β-unsaturated/α-hetero) is 2. The Hall–Kier alpha value is -1.59. The molecule has 0 aliphatic heterocycles. The van der Waals surface area contributed by atoms with Crippen molar-refractivity contribution in [3.05, 3.63) is 35.6 Å². The fraction of sp³-hybridized carbons (Fsp3) is 0.333. The van der Waals surface area contributed by atoms with Gasteiger partial charge in [0.05, 0.1) is 6.42 Å². The molecule has 0 saturated carbocycles. The van der Waals surface area contributed by atoms with Crippen LogP contribution in [0.5, 0.6) is 0 Å². The lowest BCUT2D eigenvalue weighted by Crippen LogP contribution is -2.27. The highest BCUT2D eigenvalue weighted by Gasteiger charge is 2.20. The van der Waals surface area contributed by atoms with Gasteiger partial charge in [-0.15, -0.1) is 0 Å². The van der Waals surface area contributed by atoms with Crippen molar-refractivity contribution in [1.82, 2.24) is 0 Å². The maximum Gasteiger partial charge on any atom is 0.217 e. The van der Waals surface area contributed by atoms with Crippen LogP contribution in [-0.4, -0.2) is 32.1 Å². The molecular weight excluding hydrogens is 227 g/mol. The van der Waals surface area contributed by atoms with E-state index < -0.39 is 23.7 Å². The first-order chi connectivity index (χ1) is 8.08. The van der Waals surface area contributed by atoms with Gasteiger partial charge in [-0.3, -0.25) is 9.59 Å². The van der Waals surface area contributed by atoms with Crippen LogP contribution in [0.4, 0.5) is 4.39 Å². The van der Waals surface area contributed by atoms with Crippen LogP contribution in [0.1, 0.15) is 16.8 Å². The topological polar surface area (TPSA) is 52.6 Å². The molecule has 0 N–H and O–H groups in total. The molecule has 92 valence electrons. The lowest BCUT2D eigenvalue weighted by molar-refractivity contribution is -0.155. The average molecular weight is 240 g/mol.